The van der Waals surface area contributed by atoms with Gasteiger partial charge in [0.05, 0.1) is 5.92 Å². The first-order chi connectivity index (χ1) is 13.5. The van der Waals surface area contributed by atoms with Gasteiger partial charge >= 0.3 is 5.97 Å². The third-order valence-corrected chi connectivity index (χ3v) is 6.81. The first-order valence-electron chi connectivity index (χ1n) is 11.2. The Balaban J connectivity index is 1.75. The summed E-state index contributed by atoms with van der Waals surface area (Å²) in [7, 11) is 0. The molecule has 2 saturated carbocycles. The lowest BCUT2D eigenvalue weighted by Gasteiger charge is -2.41. The Labute approximate surface area is 168 Å². The Hall–Kier alpha value is -1.45. The molecule has 0 unspecified atom stereocenters. The average molecular weight is 393 g/mol. The van der Waals surface area contributed by atoms with Gasteiger partial charge in [-0.2, -0.15) is 0 Å². The van der Waals surface area contributed by atoms with Gasteiger partial charge in [-0.15, -0.1) is 0 Å². The largest absolute Gasteiger partial charge is 0.454 e. The molecule has 0 aromatic heterocycles. The van der Waals surface area contributed by atoms with Crippen LogP contribution < -0.4 is 0 Å². The second-order valence-electron chi connectivity index (χ2n) is 8.82. The summed E-state index contributed by atoms with van der Waals surface area (Å²) in [4.78, 5) is 12.9. The summed E-state index contributed by atoms with van der Waals surface area (Å²) in [6.07, 6.45) is 13.3. The molecule has 1 aromatic rings. The Bertz CT molecular complexity index is 644. The molecule has 3 rings (SSSR count). The van der Waals surface area contributed by atoms with E-state index in [2.05, 4.69) is 6.92 Å². The molecule has 4 heteroatoms. The highest BCUT2D eigenvalue weighted by molar-refractivity contribution is 5.73. The van der Waals surface area contributed by atoms with Crippen molar-refractivity contribution in [1.82, 2.24) is 0 Å². The van der Waals surface area contributed by atoms with Crippen molar-refractivity contribution in [3.05, 3.63) is 35.4 Å². The van der Waals surface area contributed by atoms with Gasteiger partial charge in [-0.25, -0.2) is 8.78 Å². The third-order valence-electron chi connectivity index (χ3n) is 6.81. The lowest BCUT2D eigenvalue weighted by molar-refractivity contribution is -0.172. The second kappa shape index (κ2) is 9.84. The maximum atomic E-state index is 14.0. The fourth-order valence-electron chi connectivity index (χ4n) is 4.96. The van der Waals surface area contributed by atoms with Gasteiger partial charge in [0.1, 0.15) is 5.60 Å². The minimum absolute atomic E-state index is 0.0433. The third kappa shape index (κ3) is 5.12. The standard InChI is InChI=1S/C24H34F2O2/c1-2-3-5-8-18-13-15-24(16-14-18,20-11-12-21(25)22(26)17-20)28-23(27)19-9-6-4-7-10-19/h11-12,17-19H,2-10,13-16H2,1H3. The first-order valence-corrected chi connectivity index (χ1v) is 11.2. The van der Waals surface area contributed by atoms with Gasteiger partial charge < -0.3 is 4.74 Å². The summed E-state index contributed by atoms with van der Waals surface area (Å²) in [5.41, 5.74) is -0.188. The van der Waals surface area contributed by atoms with E-state index in [-0.39, 0.29) is 11.9 Å². The highest BCUT2D eigenvalue weighted by atomic mass is 19.2. The van der Waals surface area contributed by atoms with E-state index in [1.54, 1.807) is 6.07 Å². The number of carbonyl (C=O) groups is 1. The van der Waals surface area contributed by atoms with Gasteiger partial charge in [0.2, 0.25) is 0 Å². The molecule has 0 N–H and O–H groups in total. The predicted octanol–water partition coefficient (Wildman–Crippen LogP) is 7.05. The van der Waals surface area contributed by atoms with E-state index < -0.39 is 17.2 Å². The summed E-state index contributed by atoms with van der Waals surface area (Å²) >= 11 is 0. The lowest BCUT2D eigenvalue weighted by Crippen LogP contribution is -2.39. The van der Waals surface area contributed by atoms with Crippen molar-refractivity contribution in [2.24, 2.45) is 11.8 Å². The molecule has 0 heterocycles. The zero-order valence-corrected chi connectivity index (χ0v) is 17.2. The first kappa shape index (κ1) is 21.3. The molecule has 0 amide bonds. The van der Waals surface area contributed by atoms with E-state index >= 15 is 0 Å². The van der Waals surface area contributed by atoms with E-state index in [9.17, 15) is 13.6 Å². The van der Waals surface area contributed by atoms with E-state index in [4.69, 9.17) is 4.74 Å². The van der Waals surface area contributed by atoms with E-state index in [1.807, 2.05) is 0 Å². The molecular formula is C24H34F2O2. The van der Waals surface area contributed by atoms with Crippen LogP contribution in [0.3, 0.4) is 0 Å². The molecule has 2 nitrogen and oxygen atoms in total. The van der Waals surface area contributed by atoms with Crippen molar-refractivity contribution in [2.45, 2.75) is 96.0 Å². The zero-order valence-electron chi connectivity index (χ0n) is 17.2. The summed E-state index contributed by atoms with van der Waals surface area (Å²) in [6, 6.07) is 4.00. The smallest absolute Gasteiger partial charge is 0.309 e. The number of hydrogen-bond acceptors (Lipinski definition) is 2. The molecule has 0 bridgehead atoms. The normalized spacial score (nSPS) is 26.2. The SMILES string of the molecule is CCCCCC1CCC(OC(=O)C2CCCCC2)(c2ccc(F)c(F)c2)CC1. The number of esters is 1. The van der Waals surface area contributed by atoms with Crippen LogP contribution in [0.2, 0.25) is 0 Å². The van der Waals surface area contributed by atoms with Crippen LogP contribution in [0.15, 0.2) is 18.2 Å². The molecular weight excluding hydrogens is 358 g/mol. The van der Waals surface area contributed by atoms with Crippen LogP contribution >= 0.6 is 0 Å². The van der Waals surface area contributed by atoms with E-state index in [0.29, 0.717) is 24.3 Å². The van der Waals surface area contributed by atoms with Crippen LogP contribution in [0.25, 0.3) is 0 Å². The molecule has 0 radical (unpaired) electrons. The average Bonchev–Trinajstić information content (AvgIpc) is 2.72. The van der Waals surface area contributed by atoms with E-state index in [1.165, 1.54) is 38.2 Å². The maximum absolute atomic E-state index is 14.0. The minimum atomic E-state index is -0.865. The molecule has 2 aliphatic rings. The molecule has 0 spiro atoms. The summed E-state index contributed by atoms with van der Waals surface area (Å²) in [5.74, 6) is -1.27. The Morgan fingerprint density at radius 3 is 2.39 bits per heavy atom. The maximum Gasteiger partial charge on any atom is 0.309 e. The van der Waals surface area contributed by atoms with Crippen LogP contribution in [0.5, 0.6) is 0 Å². The van der Waals surface area contributed by atoms with Crippen molar-refractivity contribution >= 4 is 5.97 Å². The summed E-state index contributed by atoms with van der Waals surface area (Å²) in [6.45, 7) is 2.21. The van der Waals surface area contributed by atoms with Gasteiger partial charge in [-0.1, -0.05) is 57.9 Å². The van der Waals surface area contributed by atoms with Crippen molar-refractivity contribution in [2.75, 3.05) is 0 Å². The predicted molar refractivity (Wildman–Crippen MR) is 107 cm³/mol. The Morgan fingerprint density at radius 2 is 1.75 bits per heavy atom. The molecule has 156 valence electrons. The monoisotopic (exact) mass is 392 g/mol. The van der Waals surface area contributed by atoms with Crippen molar-refractivity contribution in [3.8, 4) is 0 Å². The fourth-order valence-corrected chi connectivity index (χ4v) is 4.96. The van der Waals surface area contributed by atoms with Crippen molar-refractivity contribution in [1.29, 1.82) is 0 Å². The Kier molecular flexibility index (Phi) is 7.48. The number of benzene rings is 1. The van der Waals surface area contributed by atoms with Crippen molar-refractivity contribution < 1.29 is 18.3 Å². The number of unbranched alkanes of at least 4 members (excludes halogenated alkanes) is 2. The van der Waals surface area contributed by atoms with Crippen LogP contribution in [0.1, 0.15) is 96.0 Å². The molecule has 28 heavy (non-hydrogen) atoms. The minimum Gasteiger partial charge on any atom is -0.454 e. The molecule has 0 atom stereocenters. The van der Waals surface area contributed by atoms with Crippen LogP contribution in [0, 0.1) is 23.5 Å². The molecule has 2 aliphatic carbocycles. The quantitative estimate of drug-likeness (QED) is 0.367. The van der Waals surface area contributed by atoms with Crippen molar-refractivity contribution in [3.63, 3.8) is 0 Å². The number of halogens is 2. The Morgan fingerprint density at radius 1 is 1.04 bits per heavy atom. The van der Waals surface area contributed by atoms with Crippen LogP contribution in [-0.2, 0) is 15.1 Å². The van der Waals surface area contributed by atoms with Gasteiger partial charge in [-0.05, 0) is 62.1 Å². The number of rotatable bonds is 7. The number of carbonyl (C=O) groups excluding carboxylic acids is 1. The summed E-state index contributed by atoms with van der Waals surface area (Å²) < 4.78 is 33.6. The second-order valence-corrected chi connectivity index (χ2v) is 8.82. The number of hydrogen-bond donors (Lipinski definition) is 0. The lowest BCUT2D eigenvalue weighted by atomic mass is 9.73. The number of ether oxygens (including phenoxy) is 1. The van der Waals surface area contributed by atoms with Gasteiger partial charge in [0.25, 0.3) is 0 Å². The molecule has 2 fully saturated rings. The van der Waals surface area contributed by atoms with Gasteiger partial charge in [0, 0.05) is 0 Å². The molecule has 0 aliphatic heterocycles. The topological polar surface area (TPSA) is 26.3 Å². The molecule has 1 aromatic carbocycles. The zero-order chi connectivity index (χ0) is 20.0. The van der Waals surface area contributed by atoms with Crippen LogP contribution in [-0.4, -0.2) is 5.97 Å². The van der Waals surface area contributed by atoms with Crippen LogP contribution in [0.4, 0.5) is 8.78 Å². The summed E-state index contributed by atoms with van der Waals surface area (Å²) in [5, 5.41) is 0. The molecule has 0 saturated heterocycles. The fraction of sp³-hybridized carbons (Fsp3) is 0.708. The van der Waals surface area contributed by atoms with Gasteiger partial charge in [0.15, 0.2) is 11.6 Å². The highest BCUT2D eigenvalue weighted by Gasteiger charge is 2.42. The highest BCUT2D eigenvalue weighted by Crippen LogP contribution is 2.45. The van der Waals surface area contributed by atoms with Gasteiger partial charge in [-0.3, -0.25) is 4.79 Å². The van der Waals surface area contributed by atoms with E-state index in [0.717, 1.165) is 44.6 Å².